The molecule has 2 heterocycles. The van der Waals surface area contributed by atoms with E-state index in [0.29, 0.717) is 5.56 Å². The quantitative estimate of drug-likeness (QED) is 0.866. The lowest BCUT2D eigenvalue weighted by Crippen LogP contribution is -2.40. The van der Waals surface area contributed by atoms with Crippen LogP contribution >= 0.6 is 0 Å². The molecule has 0 aromatic carbocycles. The molecular formula is C14H18N4O. The van der Waals surface area contributed by atoms with Crippen molar-refractivity contribution in [1.82, 2.24) is 10.3 Å². The normalized spacial score (nSPS) is 15.9. The molecule has 1 aliphatic heterocycles. The average molecular weight is 258 g/mol. The van der Waals surface area contributed by atoms with E-state index in [0.717, 1.165) is 37.4 Å². The summed E-state index contributed by atoms with van der Waals surface area (Å²) in [5.74, 6) is 0.937. The lowest BCUT2D eigenvalue weighted by atomic mass is 9.96. The number of carbonyl (C=O) groups is 1. The van der Waals surface area contributed by atoms with Crippen LogP contribution in [0.15, 0.2) is 12.1 Å². The Morgan fingerprint density at radius 3 is 2.74 bits per heavy atom. The minimum atomic E-state index is 0.0802. The standard InChI is InChI=1S/C14H18N4O/c1-10-3-4-12(9-15)13(17-10)18-7-5-11(6-8-18)14(19)16-2/h3-4,11H,5-8H2,1-2H3,(H,16,19). The maximum Gasteiger partial charge on any atom is 0.222 e. The molecule has 5 heteroatoms. The first-order valence-electron chi connectivity index (χ1n) is 6.50. The third-order valence-corrected chi connectivity index (χ3v) is 3.55. The monoisotopic (exact) mass is 258 g/mol. The summed E-state index contributed by atoms with van der Waals surface area (Å²) in [7, 11) is 1.67. The van der Waals surface area contributed by atoms with Gasteiger partial charge in [-0.3, -0.25) is 4.79 Å². The zero-order chi connectivity index (χ0) is 13.8. The van der Waals surface area contributed by atoms with E-state index in [9.17, 15) is 4.79 Å². The summed E-state index contributed by atoms with van der Waals surface area (Å²) in [4.78, 5) is 18.2. The van der Waals surface area contributed by atoms with Gasteiger partial charge in [0.25, 0.3) is 0 Å². The van der Waals surface area contributed by atoms with Gasteiger partial charge in [0.15, 0.2) is 0 Å². The second kappa shape index (κ2) is 5.70. The number of nitriles is 1. The van der Waals surface area contributed by atoms with Crippen LogP contribution in [0.4, 0.5) is 5.82 Å². The average Bonchev–Trinajstić information content (AvgIpc) is 2.46. The van der Waals surface area contributed by atoms with Gasteiger partial charge in [-0.1, -0.05) is 0 Å². The molecule has 0 saturated carbocycles. The molecule has 0 atom stereocenters. The van der Waals surface area contributed by atoms with Gasteiger partial charge in [0.2, 0.25) is 5.91 Å². The molecule has 0 unspecified atom stereocenters. The Bertz CT molecular complexity index is 513. The summed E-state index contributed by atoms with van der Waals surface area (Å²) in [6, 6.07) is 5.84. The van der Waals surface area contributed by atoms with E-state index in [1.807, 2.05) is 19.1 Å². The molecule has 0 spiro atoms. The zero-order valence-corrected chi connectivity index (χ0v) is 11.3. The number of amides is 1. The molecule has 0 aliphatic carbocycles. The molecule has 1 N–H and O–H groups in total. The maximum absolute atomic E-state index is 11.6. The molecule has 0 bridgehead atoms. The van der Waals surface area contributed by atoms with Gasteiger partial charge in [0.05, 0.1) is 5.56 Å². The molecule has 1 aromatic heterocycles. The third-order valence-electron chi connectivity index (χ3n) is 3.55. The Morgan fingerprint density at radius 1 is 1.47 bits per heavy atom. The van der Waals surface area contributed by atoms with Crippen molar-refractivity contribution in [3.8, 4) is 6.07 Å². The first-order valence-corrected chi connectivity index (χ1v) is 6.50. The van der Waals surface area contributed by atoms with Crippen molar-refractivity contribution in [3.63, 3.8) is 0 Å². The second-order valence-corrected chi connectivity index (χ2v) is 4.81. The van der Waals surface area contributed by atoms with Crippen LogP contribution in [-0.4, -0.2) is 31.0 Å². The van der Waals surface area contributed by atoms with E-state index in [2.05, 4.69) is 21.3 Å². The van der Waals surface area contributed by atoms with Crippen LogP contribution in [0.3, 0.4) is 0 Å². The van der Waals surface area contributed by atoms with E-state index in [1.165, 1.54) is 0 Å². The van der Waals surface area contributed by atoms with Crippen LogP contribution in [0.1, 0.15) is 24.1 Å². The summed E-state index contributed by atoms with van der Waals surface area (Å²) < 4.78 is 0. The maximum atomic E-state index is 11.6. The predicted molar refractivity (Wildman–Crippen MR) is 72.7 cm³/mol. The predicted octanol–water partition coefficient (Wildman–Crippen LogP) is 1.22. The highest BCUT2D eigenvalue weighted by molar-refractivity contribution is 5.78. The number of rotatable bonds is 2. The molecule has 1 saturated heterocycles. The van der Waals surface area contributed by atoms with Gasteiger partial charge in [0, 0.05) is 31.7 Å². The van der Waals surface area contributed by atoms with Crippen LogP contribution in [0.2, 0.25) is 0 Å². The Balaban J connectivity index is 2.12. The van der Waals surface area contributed by atoms with Crippen LogP contribution in [-0.2, 0) is 4.79 Å². The topological polar surface area (TPSA) is 69.0 Å². The number of piperidine rings is 1. The minimum Gasteiger partial charge on any atom is -0.359 e. The largest absolute Gasteiger partial charge is 0.359 e. The molecule has 2 rings (SSSR count). The van der Waals surface area contributed by atoms with Crippen LogP contribution < -0.4 is 10.2 Å². The third kappa shape index (κ3) is 2.84. The summed E-state index contributed by atoms with van der Waals surface area (Å²) in [5.41, 5.74) is 1.51. The number of nitrogens with zero attached hydrogens (tertiary/aromatic N) is 3. The summed E-state index contributed by atoms with van der Waals surface area (Å²) >= 11 is 0. The van der Waals surface area contributed by atoms with Crippen molar-refractivity contribution < 1.29 is 4.79 Å². The molecule has 100 valence electrons. The first kappa shape index (κ1) is 13.3. The van der Waals surface area contributed by atoms with Gasteiger partial charge in [-0.25, -0.2) is 4.98 Å². The highest BCUT2D eigenvalue weighted by Gasteiger charge is 2.25. The second-order valence-electron chi connectivity index (χ2n) is 4.81. The highest BCUT2D eigenvalue weighted by Crippen LogP contribution is 2.24. The lowest BCUT2D eigenvalue weighted by molar-refractivity contribution is -0.125. The van der Waals surface area contributed by atoms with Gasteiger partial charge < -0.3 is 10.2 Å². The van der Waals surface area contributed by atoms with E-state index < -0.39 is 0 Å². The van der Waals surface area contributed by atoms with Crippen molar-refractivity contribution in [2.75, 3.05) is 25.0 Å². The van der Waals surface area contributed by atoms with Gasteiger partial charge in [-0.05, 0) is 31.9 Å². The van der Waals surface area contributed by atoms with Crippen molar-refractivity contribution in [1.29, 1.82) is 5.26 Å². The molecular weight excluding hydrogens is 240 g/mol. The molecule has 1 amide bonds. The number of hydrogen-bond donors (Lipinski definition) is 1. The number of carbonyl (C=O) groups excluding carboxylic acids is 1. The number of pyridine rings is 1. The Hall–Kier alpha value is -2.09. The van der Waals surface area contributed by atoms with Gasteiger partial charge >= 0.3 is 0 Å². The Kier molecular flexibility index (Phi) is 4.00. The van der Waals surface area contributed by atoms with E-state index in [-0.39, 0.29) is 11.8 Å². The number of hydrogen-bond acceptors (Lipinski definition) is 4. The number of anilines is 1. The summed E-state index contributed by atoms with van der Waals surface area (Å²) in [6.45, 7) is 3.45. The van der Waals surface area contributed by atoms with E-state index in [1.54, 1.807) is 7.05 Å². The Morgan fingerprint density at radius 2 is 2.16 bits per heavy atom. The molecule has 1 fully saturated rings. The summed E-state index contributed by atoms with van der Waals surface area (Å²) in [5, 5.41) is 11.8. The fraction of sp³-hybridized carbons (Fsp3) is 0.500. The van der Waals surface area contributed by atoms with Gasteiger partial charge in [0.1, 0.15) is 11.9 Å². The molecule has 1 aromatic rings. The van der Waals surface area contributed by atoms with Crippen LogP contribution in [0, 0.1) is 24.2 Å². The van der Waals surface area contributed by atoms with Crippen LogP contribution in [0.5, 0.6) is 0 Å². The molecule has 0 radical (unpaired) electrons. The van der Waals surface area contributed by atoms with Crippen LogP contribution in [0.25, 0.3) is 0 Å². The van der Waals surface area contributed by atoms with Crippen molar-refractivity contribution >= 4 is 11.7 Å². The van der Waals surface area contributed by atoms with E-state index >= 15 is 0 Å². The molecule has 19 heavy (non-hydrogen) atoms. The van der Waals surface area contributed by atoms with E-state index in [4.69, 9.17) is 5.26 Å². The fourth-order valence-electron chi connectivity index (χ4n) is 2.43. The zero-order valence-electron chi connectivity index (χ0n) is 11.3. The number of nitrogens with one attached hydrogen (secondary N) is 1. The fourth-order valence-corrected chi connectivity index (χ4v) is 2.43. The van der Waals surface area contributed by atoms with Crippen molar-refractivity contribution in [2.45, 2.75) is 19.8 Å². The summed E-state index contributed by atoms with van der Waals surface area (Å²) in [6.07, 6.45) is 1.61. The smallest absolute Gasteiger partial charge is 0.222 e. The Labute approximate surface area is 113 Å². The molecule has 1 aliphatic rings. The first-order chi connectivity index (χ1) is 9.15. The lowest BCUT2D eigenvalue weighted by Gasteiger charge is -2.32. The van der Waals surface area contributed by atoms with Gasteiger partial charge in [-0.15, -0.1) is 0 Å². The minimum absolute atomic E-state index is 0.0802. The SMILES string of the molecule is CNC(=O)C1CCN(c2nc(C)ccc2C#N)CC1. The van der Waals surface area contributed by atoms with Crippen molar-refractivity contribution in [3.05, 3.63) is 23.4 Å². The highest BCUT2D eigenvalue weighted by atomic mass is 16.1. The number of aryl methyl sites for hydroxylation is 1. The van der Waals surface area contributed by atoms with Crippen molar-refractivity contribution in [2.24, 2.45) is 5.92 Å². The van der Waals surface area contributed by atoms with Gasteiger partial charge in [-0.2, -0.15) is 5.26 Å². The number of aromatic nitrogens is 1. The molecule has 5 nitrogen and oxygen atoms in total.